The molecular weight excluding hydrogens is 346 g/mol. The van der Waals surface area contributed by atoms with E-state index in [9.17, 15) is 9.59 Å². The van der Waals surface area contributed by atoms with Crippen LogP contribution in [0.15, 0.2) is 21.7 Å². The number of likely N-dealkylation sites (tertiary alicyclic amines) is 1. The van der Waals surface area contributed by atoms with Crippen LogP contribution in [0.1, 0.15) is 32.1 Å². The van der Waals surface area contributed by atoms with Crippen LogP contribution >= 0.6 is 15.9 Å². The number of halogens is 1. The Morgan fingerprint density at radius 2 is 1.91 bits per heavy atom. The van der Waals surface area contributed by atoms with E-state index in [-0.39, 0.29) is 17.3 Å². The summed E-state index contributed by atoms with van der Waals surface area (Å²) in [6.07, 6.45) is 9.84. The van der Waals surface area contributed by atoms with E-state index in [1.807, 2.05) is 7.05 Å². The lowest BCUT2D eigenvalue weighted by Gasteiger charge is -2.44. The van der Waals surface area contributed by atoms with Crippen LogP contribution in [0.2, 0.25) is 0 Å². The van der Waals surface area contributed by atoms with E-state index in [1.54, 1.807) is 17.0 Å². The molecule has 0 atom stereocenters. The van der Waals surface area contributed by atoms with E-state index in [4.69, 9.17) is 0 Å². The van der Waals surface area contributed by atoms with Gasteiger partial charge in [-0.1, -0.05) is 19.3 Å². The summed E-state index contributed by atoms with van der Waals surface area (Å²) in [6, 6.07) is 0.663. The van der Waals surface area contributed by atoms with Crippen LogP contribution in [0.5, 0.6) is 0 Å². The molecule has 0 aromatic carbocycles. The van der Waals surface area contributed by atoms with Gasteiger partial charge in [0.2, 0.25) is 11.3 Å². The number of nitrogens with one attached hydrogen (secondary N) is 1. The third kappa shape index (κ3) is 3.27. The number of hydrogen-bond acceptors (Lipinski definition) is 3. The van der Waals surface area contributed by atoms with Crippen molar-refractivity contribution in [2.75, 3.05) is 18.4 Å². The summed E-state index contributed by atoms with van der Waals surface area (Å²) in [7, 11) is 1.83. The van der Waals surface area contributed by atoms with Gasteiger partial charge in [0.05, 0.1) is 10.4 Å². The minimum absolute atomic E-state index is 0.00520. The first-order valence-electron chi connectivity index (χ1n) is 7.95. The highest BCUT2D eigenvalue weighted by molar-refractivity contribution is 9.10. The van der Waals surface area contributed by atoms with E-state index >= 15 is 0 Å². The van der Waals surface area contributed by atoms with Gasteiger partial charge >= 0.3 is 0 Å². The van der Waals surface area contributed by atoms with Crippen molar-refractivity contribution >= 4 is 27.5 Å². The minimum atomic E-state index is -0.171. The van der Waals surface area contributed by atoms with Crippen molar-refractivity contribution in [2.45, 2.75) is 38.1 Å². The molecular formula is C16H22BrN3O2. The molecule has 0 bridgehead atoms. The molecule has 0 radical (unpaired) electrons. The van der Waals surface area contributed by atoms with Gasteiger partial charge in [0, 0.05) is 38.6 Å². The zero-order valence-corrected chi connectivity index (χ0v) is 14.4. The molecule has 0 unspecified atom stereocenters. The molecule has 1 N–H and O–H groups in total. The quantitative estimate of drug-likeness (QED) is 0.891. The molecule has 1 aromatic heterocycles. The zero-order chi connectivity index (χ0) is 15.7. The highest BCUT2D eigenvalue weighted by atomic mass is 79.9. The Bertz CT molecular complexity index is 616. The second-order valence-corrected chi connectivity index (χ2v) is 7.30. The van der Waals surface area contributed by atoms with Gasteiger partial charge in [-0.25, -0.2) is 0 Å². The molecule has 120 valence electrons. The molecule has 1 saturated carbocycles. The van der Waals surface area contributed by atoms with Crippen molar-refractivity contribution in [1.82, 2.24) is 9.47 Å². The monoisotopic (exact) mass is 367 g/mol. The third-order valence-corrected chi connectivity index (χ3v) is 5.31. The number of anilines is 1. The average Bonchev–Trinajstić information content (AvgIpc) is 2.44. The lowest BCUT2D eigenvalue weighted by molar-refractivity contribution is -0.126. The first-order valence-corrected chi connectivity index (χ1v) is 8.74. The predicted molar refractivity (Wildman–Crippen MR) is 89.9 cm³/mol. The van der Waals surface area contributed by atoms with E-state index in [2.05, 4.69) is 26.1 Å². The summed E-state index contributed by atoms with van der Waals surface area (Å²) in [5.41, 5.74) is 0.174. The number of carbonyl (C=O) groups is 1. The first-order chi connectivity index (χ1) is 10.5. The molecule has 3 rings (SSSR count). The Hall–Kier alpha value is -1.14. The Morgan fingerprint density at radius 1 is 1.23 bits per heavy atom. The van der Waals surface area contributed by atoms with Crippen molar-refractivity contribution < 1.29 is 4.79 Å². The number of rotatable bonds is 3. The SMILES string of the molecule is Cn1cc(Br)c(=O)c(NC(=O)C2CN(C3CCCCC3)C2)c1. The van der Waals surface area contributed by atoms with Gasteiger partial charge in [0.1, 0.15) is 5.69 Å². The number of amides is 1. The maximum absolute atomic E-state index is 12.3. The molecule has 5 nitrogen and oxygen atoms in total. The highest BCUT2D eigenvalue weighted by Gasteiger charge is 2.37. The fourth-order valence-electron chi connectivity index (χ4n) is 3.41. The number of aromatic nitrogens is 1. The number of carbonyl (C=O) groups excluding carboxylic acids is 1. The van der Waals surface area contributed by atoms with Crippen molar-refractivity contribution in [3.05, 3.63) is 27.1 Å². The summed E-state index contributed by atoms with van der Waals surface area (Å²) in [5.74, 6) is -0.0344. The van der Waals surface area contributed by atoms with Gasteiger partial charge in [0.15, 0.2) is 0 Å². The second kappa shape index (κ2) is 6.54. The molecule has 1 aromatic rings. The molecule has 2 aliphatic rings. The lowest BCUT2D eigenvalue weighted by Crippen LogP contribution is -2.56. The zero-order valence-electron chi connectivity index (χ0n) is 12.8. The highest BCUT2D eigenvalue weighted by Crippen LogP contribution is 2.28. The van der Waals surface area contributed by atoms with Crippen LogP contribution in [-0.4, -0.2) is 34.5 Å². The van der Waals surface area contributed by atoms with Crippen LogP contribution < -0.4 is 10.7 Å². The average molecular weight is 368 g/mol. The lowest BCUT2D eigenvalue weighted by atomic mass is 9.88. The molecule has 2 heterocycles. The molecule has 22 heavy (non-hydrogen) atoms. The molecule has 0 spiro atoms. The molecule has 2 fully saturated rings. The van der Waals surface area contributed by atoms with E-state index < -0.39 is 0 Å². The fourth-order valence-corrected chi connectivity index (χ4v) is 3.95. The van der Waals surface area contributed by atoms with Crippen molar-refractivity contribution in [3.8, 4) is 0 Å². The molecule has 1 amide bonds. The normalized spacial score (nSPS) is 20.6. The Balaban J connectivity index is 1.57. The predicted octanol–water partition coefficient (Wildman–Crippen LogP) is 2.35. The van der Waals surface area contributed by atoms with Crippen LogP contribution in [0, 0.1) is 5.92 Å². The van der Waals surface area contributed by atoms with Crippen molar-refractivity contribution in [3.63, 3.8) is 0 Å². The standard InChI is InChI=1S/C16H22BrN3O2/c1-19-9-13(17)15(21)14(10-19)18-16(22)11-7-20(8-11)12-5-3-2-4-6-12/h9-12H,2-8H2,1H3,(H,18,22). The first kappa shape index (κ1) is 15.7. The van der Waals surface area contributed by atoms with Gasteiger partial charge in [-0.2, -0.15) is 0 Å². The topological polar surface area (TPSA) is 54.3 Å². The van der Waals surface area contributed by atoms with Crippen LogP contribution in [0.25, 0.3) is 0 Å². The Labute approximate surface area is 138 Å². The van der Waals surface area contributed by atoms with Gasteiger partial charge in [-0.05, 0) is 28.8 Å². The molecule has 1 aliphatic carbocycles. The molecule has 1 saturated heterocycles. The fraction of sp³-hybridized carbons (Fsp3) is 0.625. The molecule has 1 aliphatic heterocycles. The van der Waals surface area contributed by atoms with Crippen LogP contribution in [-0.2, 0) is 11.8 Å². The molecule has 6 heteroatoms. The minimum Gasteiger partial charge on any atom is -0.354 e. The van der Waals surface area contributed by atoms with Crippen molar-refractivity contribution in [1.29, 1.82) is 0 Å². The number of pyridine rings is 1. The van der Waals surface area contributed by atoms with Gasteiger partial charge in [-0.15, -0.1) is 0 Å². The smallest absolute Gasteiger partial charge is 0.230 e. The summed E-state index contributed by atoms with van der Waals surface area (Å²) in [4.78, 5) is 26.7. The van der Waals surface area contributed by atoms with E-state index in [1.165, 1.54) is 32.1 Å². The van der Waals surface area contributed by atoms with Crippen molar-refractivity contribution in [2.24, 2.45) is 13.0 Å². The number of hydrogen-bond donors (Lipinski definition) is 1. The summed E-state index contributed by atoms with van der Waals surface area (Å²) in [6.45, 7) is 1.65. The summed E-state index contributed by atoms with van der Waals surface area (Å²) < 4.78 is 2.22. The van der Waals surface area contributed by atoms with Crippen LogP contribution in [0.3, 0.4) is 0 Å². The maximum Gasteiger partial charge on any atom is 0.230 e. The third-order valence-electron chi connectivity index (χ3n) is 4.74. The van der Waals surface area contributed by atoms with Crippen LogP contribution in [0.4, 0.5) is 5.69 Å². The maximum atomic E-state index is 12.3. The van der Waals surface area contributed by atoms with E-state index in [0.717, 1.165) is 13.1 Å². The summed E-state index contributed by atoms with van der Waals surface area (Å²) in [5, 5.41) is 2.79. The van der Waals surface area contributed by atoms with Gasteiger partial charge in [0.25, 0.3) is 0 Å². The van der Waals surface area contributed by atoms with Gasteiger partial charge < -0.3 is 9.88 Å². The number of nitrogens with zero attached hydrogens (tertiary/aromatic N) is 2. The largest absolute Gasteiger partial charge is 0.354 e. The van der Waals surface area contributed by atoms with Gasteiger partial charge in [-0.3, -0.25) is 14.5 Å². The Kier molecular flexibility index (Phi) is 4.68. The Morgan fingerprint density at radius 3 is 2.59 bits per heavy atom. The second-order valence-electron chi connectivity index (χ2n) is 6.45. The van der Waals surface area contributed by atoms with E-state index in [0.29, 0.717) is 16.2 Å². The summed E-state index contributed by atoms with van der Waals surface area (Å²) >= 11 is 3.22. The number of aryl methyl sites for hydroxylation is 1.